The number of nitrogens with one attached hydrogen (secondary N) is 1. The Morgan fingerprint density at radius 3 is 2.72 bits per heavy atom. The second-order valence-electron chi connectivity index (χ2n) is 7.10. The fourth-order valence-corrected chi connectivity index (χ4v) is 4.70. The molecule has 0 aromatic carbocycles. The van der Waals surface area contributed by atoms with Crippen molar-refractivity contribution >= 4 is 33.7 Å². The number of hydrogen-bond donors (Lipinski definition) is 2. The van der Waals surface area contributed by atoms with Crippen LogP contribution in [0.25, 0.3) is 0 Å². The molecule has 0 atom stereocenters. The van der Waals surface area contributed by atoms with Crippen LogP contribution >= 0.6 is 11.3 Å². The van der Waals surface area contributed by atoms with Gasteiger partial charge in [0.25, 0.3) is 5.91 Å². The molecular formula is C19H21N5O4S. The fourth-order valence-electron chi connectivity index (χ4n) is 3.60. The third-order valence-corrected chi connectivity index (χ3v) is 6.34. The van der Waals surface area contributed by atoms with Crippen LogP contribution in [0.1, 0.15) is 57.2 Å². The normalized spacial score (nSPS) is 17.3. The van der Waals surface area contributed by atoms with Gasteiger partial charge in [-0.2, -0.15) is 5.26 Å². The van der Waals surface area contributed by atoms with Crippen LogP contribution in [0, 0.1) is 11.3 Å². The summed E-state index contributed by atoms with van der Waals surface area (Å²) in [6.45, 7) is 1.87. The van der Waals surface area contributed by atoms with Crippen molar-refractivity contribution in [1.29, 1.82) is 5.26 Å². The van der Waals surface area contributed by atoms with Gasteiger partial charge in [-0.25, -0.2) is 0 Å². The van der Waals surface area contributed by atoms with Crippen molar-refractivity contribution in [2.24, 2.45) is 0 Å². The lowest BCUT2D eigenvalue weighted by atomic mass is 10.1. The van der Waals surface area contributed by atoms with Gasteiger partial charge in [-0.3, -0.25) is 9.59 Å². The summed E-state index contributed by atoms with van der Waals surface area (Å²) in [7, 11) is 0. The highest BCUT2D eigenvalue weighted by molar-refractivity contribution is 7.19. The number of morpholine rings is 1. The van der Waals surface area contributed by atoms with Crippen LogP contribution in [0.3, 0.4) is 0 Å². The number of nitrogens with two attached hydrogens (primary N) is 1. The maximum atomic E-state index is 12.9. The van der Waals surface area contributed by atoms with Crippen molar-refractivity contribution in [3.8, 4) is 6.07 Å². The van der Waals surface area contributed by atoms with E-state index in [1.54, 1.807) is 4.90 Å². The van der Waals surface area contributed by atoms with E-state index in [4.69, 9.17) is 15.0 Å². The average molecular weight is 415 g/mol. The smallest absolute Gasteiger partial charge is 0.276 e. The van der Waals surface area contributed by atoms with Gasteiger partial charge >= 0.3 is 0 Å². The topological polar surface area (TPSA) is 134 Å². The molecule has 1 saturated heterocycles. The van der Waals surface area contributed by atoms with Gasteiger partial charge < -0.3 is 25.2 Å². The predicted molar refractivity (Wildman–Crippen MR) is 106 cm³/mol. The summed E-state index contributed by atoms with van der Waals surface area (Å²) in [5.41, 5.74) is 6.55. The van der Waals surface area contributed by atoms with Crippen LogP contribution in [-0.4, -0.2) is 54.1 Å². The standard InChI is InChI=1S/C19H21N5O4S/c20-10-12-15(21)17(29-18(12)22-11-3-1-2-4-11)16(25)14-9-13(23-28-14)19(26)24-5-7-27-8-6-24/h9,11,22H,1-8,21H2. The molecular weight excluding hydrogens is 394 g/mol. The number of hydrogen-bond acceptors (Lipinski definition) is 9. The SMILES string of the molecule is N#Cc1c(NC2CCCC2)sc(C(=O)c2cc(C(=O)N3CCOCC3)no2)c1N. The van der Waals surface area contributed by atoms with Crippen molar-refractivity contribution in [3.05, 3.63) is 28.0 Å². The largest absolute Gasteiger partial charge is 0.396 e. The number of nitriles is 1. The molecule has 2 aromatic rings. The quantitative estimate of drug-likeness (QED) is 0.710. The summed E-state index contributed by atoms with van der Waals surface area (Å²) in [6, 6.07) is 3.70. The van der Waals surface area contributed by atoms with Crippen molar-refractivity contribution in [1.82, 2.24) is 10.1 Å². The van der Waals surface area contributed by atoms with E-state index in [2.05, 4.69) is 16.5 Å². The number of aromatic nitrogens is 1. The van der Waals surface area contributed by atoms with Crippen molar-refractivity contribution < 1.29 is 18.8 Å². The number of carbonyl (C=O) groups excluding carboxylic acids is 2. The van der Waals surface area contributed by atoms with E-state index in [1.165, 1.54) is 6.07 Å². The summed E-state index contributed by atoms with van der Waals surface area (Å²) >= 11 is 1.14. The first kappa shape index (κ1) is 19.4. The molecule has 3 heterocycles. The third-order valence-electron chi connectivity index (χ3n) is 5.20. The Bertz CT molecular complexity index is 964. The highest BCUT2D eigenvalue weighted by Gasteiger charge is 2.28. The van der Waals surface area contributed by atoms with E-state index < -0.39 is 5.78 Å². The van der Waals surface area contributed by atoms with E-state index in [0.29, 0.717) is 31.3 Å². The minimum atomic E-state index is -0.489. The molecule has 2 aromatic heterocycles. The zero-order valence-electron chi connectivity index (χ0n) is 15.8. The summed E-state index contributed by atoms with van der Waals surface area (Å²) in [4.78, 5) is 27.2. The Hall–Kier alpha value is -2.90. The molecule has 2 aliphatic rings. The Balaban J connectivity index is 1.55. The lowest BCUT2D eigenvalue weighted by Gasteiger charge is -2.25. The molecule has 29 heavy (non-hydrogen) atoms. The molecule has 1 amide bonds. The highest BCUT2D eigenvalue weighted by atomic mass is 32.1. The number of anilines is 2. The van der Waals surface area contributed by atoms with Crippen LogP contribution in [0.5, 0.6) is 0 Å². The van der Waals surface area contributed by atoms with Crippen LogP contribution < -0.4 is 11.1 Å². The number of rotatable bonds is 5. The van der Waals surface area contributed by atoms with Gasteiger partial charge in [-0.1, -0.05) is 18.0 Å². The highest BCUT2D eigenvalue weighted by Crippen LogP contribution is 2.38. The minimum absolute atomic E-state index is 0.0650. The number of ketones is 1. The van der Waals surface area contributed by atoms with Gasteiger partial charge in [0, 0.05) is 25.2 Å². The zero-order chi connectivity index (χ0) is 20.4. The Kier molecular flexibility index (Phi) is 5.51. The summed E-state index contributed by atoms with van der Waals surface area (Å²) < 4.78 is 10.4. The summed E-state index contributed by atoms with van der Waals surface area (Å²) in [5, 5.41) is 17.2. The second-order valence-corrected chi connectivity index (χ2v) is 8.12. The number of carbonyl (C=O) groups is 2. The lowest BCUT2D eigenvalue weighted by molar-refractivity contribution is 0.0296. The molecule has 0 bridgehead atoms. The molecule has 2 fully saturated rings. The molecule has 9 nitrogen and oxygen atoms in total. The van der Waals surface area contributed by atoms with Crippen molar-refractivity contribution in [2.75, 3.05) is 37.4 Å². The van der Waals surface area contributed by atoms with Crippen LogP contribution in [0.4, 0.5) is 10.7 Å². The third kappa shape index (κ3) is 3.83. The van der Waals surface area contributed by atoms with Gasteiger partial charge in [-0.15, -0.1) is 11.3 Å². The van der Waals surface area contributed by atoms with Gasteiger partial charge in [0.1, 0.15) is 21.5 Å². The number of amides is 1. The molecule has 152 valence electrons. The molecule has 4 rings (SSSR count). The fraction of sp³-hybridized carbons (Fsp3) is 0.474. The first-order chi connectivity index (χ1) is 14.1. The Labute approximate surface area is 171 Å². The molecule has 0 unspecified atom stereocenters. The molecule has 10 heteroatoms. The van der Waals surface area contributed by atoms with E-state index in [0.717, 1.165) is 37.0 Å². The zero-order valence-corrected chi connectivity index (χ0v) is 16.6. The second kappa shape index (κ2) is 8.23. The van der Waals surface area contributed by atoms with E-state index in [9.17, 15) is 14.9 Å². The van der Waals surface area contributed by atoms with Crippen LogP contribution in [-0.2, 0) is 4.74 Å². The molecule has 1 aliphatic carbocycles. The minimum Gasteiger partial charge on any atom is -0.396 e. The molecule has 3 N–H and O–H groups in total. The van der Waals surface area contributed by atoms with E-state index in [1.807, 2.05) is 0 Å². The van der Waals surface area contributed by atoms with Crippen LogP contribution in [0.15, 0.2) is 10.6 Å². The van der Waals surface area contributed by atoms with Crippen molar-refractivity contribution in [2.45, 2.75) is 31.7 Å². The summed E-state index contributed by atoms with van der Waals surface area (Å²) in [5.74, 6) is -0.875. The molecule has 1 saturated carbocycles. The van der Waals surface area contributed by atoms with E-state index >= 15 is 0 Å². The first-order valence-corrected chi connectivity index (χ1v) is 10.4. The van der Waals surface area contributed by atoms with Gasteiger partial charge in [0.15, 0.2) is 5.69 Å². The van der Waals surface area contributed by atoms with Crippen molar-refractivity contribution in [3.63, 3.8) is 0 Å². The summed E-state index contributed by atoms with van der Waals surface area (Å²) in [6.07, 6.45) is 4.34. The molecule has 0 spiro atoms. The molecule has 0 radical (unpaired) electrons. The van der Waals surface area contributed by atoms with Crippen LogP contribution in [0.2, 0.25) is 0 Å². The average Bonchev–Trinajstić information content (AvgIpc) is 3.49. The molecule has 1 aliphatic heterocycles. The van der Waals surface area contributed by atoms with E-state index in [-0.39, 0.29) is 39.5 Å². The number of thiophene rings is 1. The number of nitrogens with zero attached hydrogens (tertiary/aromatic N) is 3. The number of ether oxygens (including phenoxy) is 1. The maximum absolute atomic E-state index is 12.9. The Morgan fingerprint density at radius 1 is 1.31 bits per heavy atom. The first-order valence-electron chi connectivity index (χ1n) is 9.56. The number of nitrogen functional groups attached to an aromatic ring is 1. The Morgan fingerprint density at radius 2 is 2.03 bits per heavy atom. The van der Waals surface area contributed by atoms with Gasteiger partial charge in [0.2, 0.25) is 11.5 Å². The monoisotopic (exact) mass is 415 g/mol. The van der Waals surface area contributed by atoms with Gasteiger partial charge in [0.05, 0.1) is 18.9 Å². The lowest BCUT2D eigenvalue weighted by Crippen LogP contribution is -2.40. The van der Waals surface area contributed by atoms with Gasteiger partial charge in [-0.05, 0) is 12.8 Å². The maximum Gasteiger partial charge on any atom is 0.276 e. The predicted octanol–water partition coefficient (Wildman–Crippen LogP) is 2.25.